The molecule has 0 bridgehead atoms. The summed E-state index contributed by atoms with van der Waals surface area (Å²) in [5.74, 6) is -1.15. The number of hydrogen-bond acceptors (Lipinski definition) is 5. The minimum absolute atomic E-state index is 0.00926. The summed E-state index contributed by atoms with van der Waals surface area (Å²) in [7, 11) is -2.55. The summed E-state index contributed by atoms with van der Waals surface area (Å²) in [6.45, 7) is 3.88. The maximum atomic E-state index is 13.9. The molecule has 1 N–H and O–H groups in total. The Labute approximate surface area is 223 Å². The van der Waals surface area contributed by atoms with Crippen LogP contribution in [0.25, 0.3) is 11.1 Å². The minimum Gasteiger partial charge on any atom is -0.394 e. The van der Waals surface area contributed by atoms with Crippen molar-refractivity contribution in [1.82, 2.24) is 9.21 Å². The van der Waals surface area contributed by atoms with Crippen LogP contribution in [0.5, 0.6) is 0 Å². The zero-order valence-corrected chi connectivity index (χ0v) is 22.6. The van der Waals surface area contributed by atoms with E-state index in [2.05, 4.69) is 0 Å². The monoisotopic (exact) mass is 540 g/mol. The molecule has 0 fully saturated rings. The van der Waals surface area contributed by atoms with E-state index in [0.717, 1.165) is 27.1 Å². The summed E-state index contributed by atoms with van der Waals surface area (Å²) in [4.78, 5) is 15.3. The van der Waals surface area contributed by atoms with Crippen LogP contribution >= 0.6 is 0 Å². The number of carbonyl (C=O) groups excluding carboxylic acids is 1. The summed E-state index contributed by atoms with van der Waals surface area (Å²) in [6.07, 6.45) is -0.598. The molecule has 0 aromatic heterocycles. The second-order valence-corrected chi connectivity index (χ2v) is 11.8. The van der Waals surface area contributed by atoms with Crippen molar-refractivity contribution < 1.29 is 27.4 Å². The van der Waals surface area contributed by atoms with Gasteiger partial charge in [0.1, 0.15) is 5.82 Å². The van der Waals surface area contributed by atoms with E-state index in [1.54, 1.807) is 17.9 Å². The molecule has 4 rings (SSSR count). The highest BCUT2D eigenvalue weighted by atomic mass is 32.2. The third-order valence-electron chi connectivity index (χ3n) is 7.04. The molecule has 7 nitrogen and oxygen atoms in total. The topological polar surface area (TPSA) is 87.2 Å². The number of rotatable bonds is 6. The first kappa shape index (κ1) is 27.9. The zero-order chi connectivity index (χ0) is 27.4. The molecule has 0 aliphatic carbocycles. The lowest BCUT2D eigenvalue weighted by Crippen LogP contribution is -2.47. The van der Waals surface area contributed by atoms with Crippen molar-refractivity contribution in [3.8, 4) is 11.1 Å². The van der Waals surface area contributed by atoms with Crippen molar-refractivity contribution in [2.24, 2.45) is 5.92 Å². The average Bonchev–Trinajstić information content (AvgIpc) is 2.94. The molecule has 9 heteroatoms. The molecular formula is C29H33FN2O5S. The summed E-state index contributed by atoms with van der Waals surface area (Å²) in [5, 5.41) is 9.96. The van der Waals surface area contributed by atoms with Crippen molar-refractivity contribution in [1.29, 1.82) is 0 Å². The van der Waals surface area contributed by atoms with Crippen LogP contribution in [-0.2, 0) is 21.4 Å². The molecule has 0 unspecified atom stereocenters. The Morgan fingerprint density at radius 3 is 2.39 bits per heavy atom. The summed E-state index contributed by atoms with van der Waals surface area (Å²) < 4.78 is 47.7. The maximum Gasteiger partial charge on any atom is 0.254 e. The van der Waals surface area contributed by atoms with Gasteiger partial charge in [0.2, 0.25) is 10.0 Å². The summed E-state index contributed by atoms with van der Waals surface area (Å²) in [6, 6.07) is 19.4. The van der Waals surface area contributed by atoms with E-state index < -0.39 is 28.0 Å². The van der Waals surface area contributed by atoms with Gasteiger partial charge in [-0.25, -0.2) is 12.8 Å². The van der Waals surface area contributed by atoms with Gasteiger partial charge in [-0.2, -0.15) is 4.31 Å². The molecular weight excluding hydrogens is 507 g/mol. The lowest BCUT2D eigenvalue weighted by molar-refractivity contribution is -0.0146. The smallest absolute Gasteiger partial charge is 0.254 e. The number of likely N-dealkylation sites (N-methyl/N-ethyl adjacent to an activating group) is 1. The Balaban J connectivity index is 1.73. The number of halogens is 1. The van der Waals surface area contributed by atoms with Crippen LogP contribution in [0, 0.1) is 11.7 Å². The number of hydrogen-bond donors (Lipinski definition) is 1. The second kappa shape index (κ2) is 11.7. The van der Waals surface area contributed by atoms with Gasteiger partial charge in [0, 0.05) is 31.6 Å². The van der Waals surface area contributed by atoms with Gasteiger partial charge in [0.15, 0.2) is 0 Å². The average molecular weight is 541 g/mol. The lowest BCUT2D eigenvalue weighted by atomic mass is 9.94. The van der Waals surface area contributed by atoms with Gasteiger partial charge in [-0.15, -0.1) is 0 Å². The highest BCUT2D eigenvalue weighted by Crippen LogP contribution is 2.31. The van der Waals surface area contributed by atoms with Crippen molar-refractivity contribution in [2.75, 3.05) is 26.7 Å². The van der Waals surface area contributed by atoms with E-state index in [9.17, 15) is 22.7 Å². The molecule has 0 saturated heterocycles. The van der Waals surface area contributed by atoms with Gasteiger partial charge in [-0.05, 0) is 47.9 Å². The Bertz CT molecular complexity index is 1400. The van der Waals surface area contributed by atoms with Crippen molar-refractivity contribution >= 4 is 15.9 Å². The molecule has 0 saturated carbocycles. The number of amides is 1. The Hall–Kier alpha value is -3.11. The highest BCUT2D eigenvalue weighted by molar-refractivity contribution is 7.89. The summed E-state index contributed by atoms with van der Waals surface area (Å²) >= 11 is 0. The van der Waals surface area contributed by atoms with E-state index in [1.807, 2.05) is 49.4 Å². The van der Waals surface area contributed by atoms with Gasteiger partial charge in [0.05, 0.1) is 30.3 Å². The Kier molecular flexibility index (Phi) is 8.62. The fourth-order valence-electron chi connectivity index (χ4n) is 4.71. The summed E-state index contributed by atoms with van der Waals surface area (Å²) in [5.41, 5.74) is 3.01. The minimum atomic E-state index is -3.99. The quantitative estimate of drug-likeness (QED) is 0.507. The van der Waals surface area contributed by atoms with Crippen LogP contribution in [0.4, 0.5) is 4.39 Å². The van der Waals surface area contributed by atoms with Gasteiger partial charge in [0.25, 0.3) is 5.91 Å². The van der Waals surface area contributed by atoms with Crippen molar-refractivity contribution in [3.63, 3.8) is 0 Å². The fraction of sp³-hybridized carbons (Fsp3) is 0.345. The first-order valence-corrected chi connectivity index (χ1v) is 14.0. The molecule has 1 amide bonds. The number of sulfonamides is 1. The van der Waals surface area contributed by atoms with Gasteiger partial charge in [-0.1, -0.05) is 55.5 Å². The molecule has 0 radical (unpaired) electrons. The molecule has 202 valence electrons. The van der Waals surface area contributed by atoms with Crippen molar-refractivity contribution in [3.05, 3.63) is 89.7 Å². The predicted molar refractivity (Wildman–Crippen MR) is 143 cm³/mol. The predicted octanol–water partition coefficient (Wildman–Crippen LogP) is 4.17. The van der Waals surface area contributed by atoms with Crippen LogP contribution in [0.3, 0.4) is 0 Å². The number of aliphatic hydroxyl groups is 1. The normalized spacial score (nSPS) is 19.4. The zero-order valence-electron chi connectivity index (χ0n) is 21.7. The third-order valence-corrected chi connectivity index (χ3v) is 8.86. The molecule has 1 heterocycles. The SMILES string of the molecule is C[C@H]1CN([C@@H](C)CO)C(=O)c2ccccc2-c2ccccc2CO[C@H]1CN(C)S(=O)(=O)c1cccc(F)c1. The van der Waals surface area contributed by atoms with E-state index >= 15 is 0 Å². The van der Waals surface area contributed by atoms with Gasteiger partial charge < -0.3 is 14.7 Å². The molecule has 3 aromatic carbocycles. The first-order valence-electron chi connectivity index (χ1n) is 12.6. The maximum absolute atomic E-state index is 13.9. The van der Waals surface area contributed by atoms with Crippen molar-refractivity contribution in [2.45, 2.75) is 37.5 Å². The molecule has 38 heavy (non-hydrogen) atoms. The Morgan fingerprint density at radius 1 is 1.05 bits per heavy atom. The number of aliphatic hydroxyl groups excluding tert-OH is 1. The van der Waals surface area contributed by atoms with Crippen LogP contribution in [-0.4, -0.2) is 67.5 Å². The molecule has 1 aliphatic rings. The standard InChI is InChI=1S/C29H33FN2O5S/c1-20-16-32(21(2)18-33)29(34)27-14-7-6-13-26(27)25-12-5-4-9-22(25)19-37-28(20)17-31(3)38(35,36)24-11-8-10-23(30)15-24/h4-15,20-21,28,33H,16-19H2,1-3H3/t20-,21-,28-/m0/s1. The molecule has 0 spiro atoms. The Morgan fingerprint density at radius 2 is 1.71 bits per heavy atom. The number of carbonyl (C=O) groups is 1. The number of fused-ring (bicyclic) bond motifs is 3. The van der Waals surface area contributed by atoms with Gasteiger partial charge >= 0.3 is 0 Å². The van der Waals surface area contributed by atoms with E-state index in [4.69, 9.17) is 4.74 Å². The van der Waals surface area contributed by atoms with Crippen LogP contribution in [0.1, 0.15) is 29.8 Å². The van der Waals surface area contributed by atoms with E-state index in [-0.39, 0.29) is 43.0 Å². The van der Waals surface area contributed by atoms with Crippen LogP contribution in [0.2, 0.25) is 0 Å². The van der Waals surface area contributed by atoms with E-state index in [0.29, 0.717) is 5.56 Å². The number of nitrogens with zero attached hydrogens (tertiary/aromatic N) is 2. The second-order valence-electron chi connectivity index (χ2n) is 9.76. The molecule has 1 aliphatic heterocycles. The molecule has 3 atom stereocenters. The van der Waals surface area contributed by atoms with Crippen LogP contribution < -0.4 is 0 Å². The first-order chi connectivity index (χ1) is 18.1. The largest absolute Gasteiger partial charge is 0.394 e. The number of ether oxygens (including phenoxy) is 1. The highest BCUT2D eigenvalue weighted by Gasteiger charge is 2.32. The molecule has 3 aromatic rings. The number of benzene rings is 3. The van der Waals surface area contributed by atoms with Gasteiger partial charge in [-0.3, -0.25) is 4.79 Å². The lowest BCUT2D eigenvalue weighted by Gasteiger charge is -2.35. The fourth-order valence-corrected chi connectivity index (χ4v) is 5.93. The van der Waals surface area contributed by atoms with Crippen LogP contribution in [0.15, 0.2) is 77.7 Å². The third kappa shape index (κ3) is 5.81. The van der Waals surface area contributed by atoms with E-state index in [1.165, 1.54) is 25.2 Å².